The van der Waals surface area contributed by atoms with Crippen LogP contribution in [-0.2, 0) is 0 Å². The average Bonchev–Trinajstić information content (AvgIpc) is 3.52. The maximum atomic E-state index is 6.65. The molecule has 3 heterocycles. The number of nitrogens with zero attached hydrogens (tertiary/aromatic N) is 3. The molecule has 0 fully saturated rings. The van der Waals surface area contributed by atoms with Crippen LogP contribution in [0.1, 0.15) is 0 Å². The first-order valence-corrected chi connectivity index (χ1v) is 17.0. The molecule has 0 bridgehead atoms. The maximum Gasteiger partial charge on any atom is 0.241 e. The average molecular weight is 629 g/mol. The zero-order valence-corrected chi connectivity index (χ0v) is 26.6. The Morgan fingerprint density at radius 1 is 0.553 bits per heavy atom. The molecule has 10 rings (SSSR count). The highest BCUT2D eigenvalue weighted by Crippen LogP contribution is 2.59. The molecule has 4 radical (unpaired) electrons. The summed E-state index contributed by atoms with van der Waals surface area (Å²) in [6.07, 6.45) is 0. The van der Waals surface area contributed by atoms with Gasteiger partial charge in [0.25, 0.3) is 0 Å². The van der Waals surface area contributed by atoms with E-state index < -0.39 is 0 Å². The van der Waals surface area contributed by atoms with Gasteiger partial charge in [-0.15, -0.1) is 11.3 Å². The van der Waals surface area contributed by atoms with Gasteiger partial charge in [-0.05, 0) is 45.6 Å². The predicted molar refractivity (Wildman–Crippen MR) is 204 cm³/mol. The van der Waals surface area contributed by atoms with E-state index in [0.29, 0.717) is 22.4 Å². The number of aromatic nitrogens is 2. The van der Waals surface area contributed by atoms with Gasteiger partial charge >= 0.3 is 0 Å². The number of hydrogen-bond acceptors (Lipinski definition) is 5. The van der Waals surface area contributed by atoms with E-state index in [4.69, 9.17) is 25.7 Å². The van der Waals surface area contributed by atoms with E-state index in [1.54, 1.807) is 11.9 Å². The fraction of sp³-hybridized carbons (Fsp3) is 0. The minimum absolute atomic E-state index is 0.563. The van der Waals surface area contributed by atoms with Crippen LogP contribution in [0.2, 0.25) is 0 Å². The molecule has 0 amide bonds. The zero-order valence-electron chi connectivity index (χ0n) is 24.9. The summed E-state index contributed by atoms with van der Waals surface area (Å²) >= 11 is 3.49. The van der Waals surface area contributed by atoms with Gasteiger partial charge in [-0.2, -0.15) is 0 Å². The summed E-state index contributed by atoms with van der Waals surface area (Å²) in [4.78, 5) is 11.7. The first-order valence-electron chi connectivity index (χ1n) is 15.4. The van der Waals surface area contributed by atoms with Gasteiger partial charge in [-0.3, -0.25) is 0 Å². The van der Waals surface area contributed by atoms with Crippen molar-refractivity contribution < 1.29 is 0 Å². The van der Waals surface area contributed by atoms with Gasteiger partial charge in [-0.1, -0.05) is 126 Å². The molecule has 47 heavy (non-hydrogen) atoms. The van der Waals surface area contributed by atoms with Gasteiger partial charge < -0.3 is 0 Å². The van der Waals surface area contributed by atoms with E-state index in [9.17, 15) is 0 Å². The number of benzene rings is 7. The molecule has 9 aromatic rings. The molecule has 0 saturated carbocycles. The van der Waals surface area contributed by atoms with Gasteiger partial charge in [0, 0.05) is 42.4 Å². The highest BCUT2D eigenvalue weighted by molar-refractivity contribution is 8.01. The minimum atomic E-state index is 0.563. The standard InChI is InChI=1S/C40H21B2N3S2/c41-28-19-20-29(42)37-35(28)36(23-11-2-1-3-12-23)43-40(44-37)45-38-34(33-24-13-5-4-10-22(24)18-21-31(33)47-45)26-15-7-6-14-25(26)32-27-16-8-9-17-30(27)46-39(32)38/h1-21H. The normalized spacial score (nSPS) is 12.7. The third-order valence-electron chi connectivity index (χ3n) is 9.18. The molecule has 214 valence electrons. The minimum Gasteiger partial charge on any atom is -0.246 e. The molecular formula is C40H21B2N3S2. The van der Waals surface area contributed by atoms with Crippen molar-refractivity contribution in [1.29, 1.82) is 0 Å². The highest BCUT2D eigenvalue weighted by atomic mass is 32.2. The summed E-state index contributed by atoms with van der Waals surface area (Å²) in [6, 6.07) is 44.4. The van der Waals surface area contributed by atoms with Crippen LogP contribution in [0.25, 0.3) is 75.0 Å². The third kappa shape index (κ3) is 3.90. The predicted octanol–water partition coefficient (Wildman–Crippen LogP) is 9.38. The van der Waals surface area contributed by atoms with Crippen LogP contribution in [-0.4, -0.2) is 25.7 Å². The molecule has 0 atom stereocenters. The molecule has 7 aromatic carbocycles. The van der Waals surface area contributed by atoms with Crippen LogP contribution in [0.3, 0.4) is 0 Å². The second-order valence-corrected chi connectivity index (χ2v) is 13.9. The van der Waals surface area contributed by atoms with Gasteiger partial charge in [0.15, 0.2) is 0 Å². The zero-order chi connectivity index (χ0) is 31.2. The lowest BCUT2D eigenvalue weighted by Gasteiger charge is -2.32. The lowest BCUT2D eigenvalue weighted by atomic mass is 9.83. The molecule has 3 nitrogen and oxygen atoms in total. The van der Waals surface area contributed by atoms with Crippen molar-refractivity contribution in [3.63, 3.8) is 0 Å². The molecule has 0 aliphatic carbocycles. The van der Waals surface area contributed by atoms with Crippen LogP contribution in [0.4, 0.5) is 11.6 Å². The van der Waals surface area contributed by atoms with E-state index in [1.807, 2.05) is 41.7 Å². The Kier molecular flexibility index (Phi) is 5.87. The molecule has 0 N–H and O–H groups in total. The third-order valence-corrected chi connectivity index (χ3v) is 11.4. The molecule has 0 spiro atoms. The summed E-state index contributed by atoms with van der Waals surface area (Å²) in [7, 11) is 13.3. The number of thiophene rings is 1. The fourth-order valence-electron chi connectivity index (χ4n) is 7.13. The number of hydrogen-bond donors (Lipinski definition) is 0. The van der Waals surface area contributed by atoms with E-state index in [0.717, 1.165) is 27.2 Å². The summed E-state index contributed by atoms with van der Waals surface area (Å²) in [5.74, 6) is 0.563. The summed E-state index contributed by atoms with van der Waals surface area (Å²) in [5, 5.41) is 8.15. The van der Waals surface area contributed by atoms with E-state index >= 15 is 0 Å². The van der Waals surface area contributed by atoms with E-state index in [-0.39, 0.29) is 0 Å². The Morgan fingerprint density at radius 2 is 1.26 bits per heavy atom. The van der Waals surface area contributed by atoms with E-state index in [1.165, 1.54) is 52.8 Å². The second-order valence-electron chi connectivity index (χ2n) is 11.8. The maximum absolute atomic E-state index is 6.65. The molecule has 1 aliphatic rings. The van der Waals surface area contributed by atoms with Crippen molar-refractivity contribution in [3.05, 3.63) is 127 Å². The topological polar surface area (TPSA) is 29.0 Å². The van der Waals surface area contributed by atoms with Crippen LogP contribution < -0.4 is 15.2 Å². The SMILES string of the molecule is [B]c1ccc([B])c2c(-c3ccccc3)nc(N3Sc4ccc5ccccc5c4-c4c3c3sc5ccccc5c3c3ccccc43)nc12. The van der Waals surface area contributed by atoms with Crippen LogP contribution in [0.15, 0.2) is 132 Å². The molecule has 0 unspecified atom stereocenters. The summed E-state index contributed by atoms with van der Waals surface area (Å²) in [5.41, 5.74) is 7.05. The first kappa shape index (κ1) is 27.1. The highest BCUT2D eigenvalue weighted by Gasteiger charge is 2.33. The Morgan fingerprint density at radius 3 is 2.11 bits per heavy atom. The summed E-state index contributed by atoms with van der Waals surface area (Å²) in [6.45, 7) is 0. The van der Waals surface area contributed by atoms with Gasteiger partial charge in [0.05, 0.1) is 21.6 Å². The van der Waals surface area contributed by atoms with Crippen molar-refractivity contribution in [2.75, 3.05) is 4.31 Å². The Labute approximate surface area is 281 Å². The largest absolute Gasteiger partial charge is 0.246 e. The second kappa shape index (κ2) is 10.2. The molecular weight excluding hydrogens is 608 g/mol. The Bertz CT molecular complexity index is 2760. The fourth-order valence-corrected chi connectivity index (χ4v) is 9.51. The number of rotatable bonds is 2. The van der Waals surface area contributed by atoms with Crippen LogP contribution in [0, 0.1) is 0 Å². The van der Waals surface area contributed by atoms with Crippen molar-refractivity contribution in [2.24, 2.45) is 0 Å². The molecule has 1 aliphatic heterocycles. The Hall–Kier alpha value is -5.10. The lowest BCUT2D eigenvalue weighted by Crippen LogP contribution is -2.20. The quantitative estimate of drug-likeness (QED) is 0.141. The lowest BCUT2D eigenvalue weighted by molar-refractivity contribution is 1.17. The van der Waals surface area contributed by atoms with Gasteiger partial charge in [0.1, 0.15) is 15.7 Å². The number of anilines is 2. The van der Waals surface area contributed by atoms with Gasteiger partial charge in [0.2, 0.25) is 5.95 Å². The van der Waals surface area contributed by atoms with Crippen molar-refractivity contribution in [2.45, 2.75) is 4.90 Å². The molecule has 2 aromatic heterocycles. The van der Waals surface area contributed by atoms with Crippen LogP contribution in [0.5, 0.6) is 0 Å². The molecule has 7 heteroatoms. The number of fused-ring (bicyclic) bond motifs is 13. The van der Waals surface area contributed by atoms with Crippen molar-refractivity contribution in [3.8, 4) is 22.4 Å². The van der Waals surface area contributed by atoms with Gasteiger partial charge in [-0.25, -0.2) is 14.3 Å². The molecule has 0 saturated heterocycles. The van der Waals surface area contributed by atoms with Crippen LogP contribution >= 0.6 is 23.3 Å². The van der Waals surface area contributed by atoms with Crippen molar-refractivity contribution >= 4 is 114 Å². The monoisotopic (exact) mass is 629 g/mol. The first-order chi connectivity index (χ1) is 23.2. The smallest absolute Gasteiger partial charge is 0.241 e. The van der Waals surface area contributed by atoms with Crippen molar-refractivity contribution in [1.82, 2.24) is 9.97 Å². The Balaban J connectivity index is 1.39. The van der Waals surface area contributed by atoms with E-state index in [2.05, 4.69) is 101 Å². The summed E-state index contributed by atoms with van der Waals surface area (Å²) < 4.78 is 4.68.